The van der Waals surface area contributed by atoms with E-state index in [0.717, 1.165) is 6.42 Å². The van der Waals surface area contributed by atoms with Gasteiger partial charge in [-0.05, 0) is 25.8 Å². The first-order valence-electron chi connectivity index (χ1n) is 5.47. The van der Waals surface area contributed by atoms with Crippen LogP contribution in [0.5, 0.6) is 0 Å². The van der Waals surface area contributed by atoms with E-state index in [1.807, 2.05) is 6.92 Å². The number of amides is 1. The summed E-state index contributed by atoms with van der Waals surface area (Å²) in [4.78, 5) is 15.3. The predicted molar refractivity (Wildman–Crippen MR) is 66.6 cm³/mol. The van der Waals surface area contributed by atoms with Crippen molar-refractivity contribution in [1.29, 1.82) is 0 Å². The van der Waals surface area contributed by atoms with Gasteiger partial charge < -0.3 is 21.9 Å². The van der Waals surface area contributed by atoms with Gasteiger partial charge in [0.2, 0.25) is 0 Å². The predicted octanol–water partition coefficient (Wildman–Crippen LogP) is 0.336. The molecule has 17 heavy (non-hydrogen) atoms. The first kappa shape index (κ1) is 13.2. The first-order valence-corrected chi connectivity index (χ1v) is 5.47. The van der Waals surface area contributed by atoms with Crippen LogP contribution in [0.15, 0.2) is 12.3 Å². The van der Waals surface area contributed by atoms with Crippen LogP contribution in [-0.2, 0) is 0 Å². The van der Waals surface area contributed by atoms with Gasteiger partial charge >= 0.3 is 0 Å². The van der Waals surface area contributed by atoms with Gasteiger partial charge in [-0.1, -0.05) is 0 Å². The average Bonchev–Trinajstić information content (AvgIpc) is 2.28. The lowest BCUT2D eigenvalue weighted by Crippen LogP contribution is -2.21. The maximum absolute atomic E-state index is 11.2. The average molecular weight is 238 g/mol. The van der Waals surface area contributed by atoms with Crippen LogP contribution in [0.3, 0.4) is 0 Å². The van der Waals surface area contributed by atoms with Crippen molar-refractivity contribution in [1.82, 2.24) is 4.98 Å². The van der Waals surface area contributed by atoms with Crippen molar-refractivity contribution >= 4 is 17.4 Å². The molecule has 6 heteroatoms. The second-order valence-corrected chi connectivity index (χ2v) is 3.94. The first-order chi connectivity index (χ1) is 8.04. The molecule has 1 unspecified atom stereocenters. The third kappa shape index (κ3) is 3.92. The molecular weight excluding hydrogens is 220 g/mol. The van der Waals surface area contributed by atoms with Gasteiger partial charge in [0.05, 0.1) is 17.4 Å². The quantitative estimate of drug-likeness (QED) is 0.570. The van der Waals surface area contributed by atoms with E-state index in [4.69, 9.17) is 16.6 Å². The SMILES string of the molecule is CC(CCCO)Nc1ncc(N)cc1C(N)=O. The zero-order chi connectivity index (χ0) is 12.8. The zero-order valence-corrected chi connectivity index (χ0v) is 9.81. The van der Waals surface area contributed by atoms with Crippen LogP contribution in [0.2, 0.25) is 0 Å². The van der Waals surface area contributed by atoms with Crippen LogP contribution in [0.1, 0.15) is 30.1 Å². The number of pyridine rings is 1. The molecule has 0 fully saturated rings. The highest BCUT2D eigenvalue weighted by atomic mass is 16.2. The third-order valence-electron chi connectivity index (χ3n) is 2.35. The molecule has 6 nitrogen and oxygen atoms in total. The normalized spacial score (nSPS) is 12.1. The molecule has 0 aliphatic heterocycles. The number of hydrogen-bond donors (Lipinski definition) is 4. The van der Waals surface area contributed by atoms with Crippen molar-refractivity contribution in [3.05, 3.63) is 17.8 Å². The number of aliphatic hydroxyl groups excluding tert-OH is 1. The number of nitrogen functional groups attached to an aromatic ring is 1. The topological polar surface area (TPSA) is 114 Å². The van der Waals surface area contributed by atoms with E-state index in [0.29, 0.717) is 17.9 Å². The maximum Gasteiger partial charge on any atom is 0.252 e. The summed E-state index contributed by atoms with van der Waals surface area (Å²) in [5, 5.41) is 11.8. The number of primary amides is 1. The lowest BCUT2D eigenvalue weighted by Gasteiger charge is -2.15. The van der Waals surface area contributed by atoms with Crippen LogP contribution < -0.4 is 16.8 Å². The molecule has 94 valence electrons. The molecule has 1 heterocycles. The number of hydrogen-bond acceptors (Lipinski definition) is 5. The monoisotopic (exact) mass is 238 g/mol. The fourth-order valence-corrected chi connectivity index (χ4v) is 1.49. The minimum Gasteiger partial charge on any atom is -0.397 e. The van der Waals surface area contributed by atoms with Gasteiger partial charge in [-0.15, -0.1) is 0 Å². The van der Waals surface area contributed by atoms with Gasteiger partial charge in [0.1, 0.15) is 5.82 Å². The number of carbonyl (C=O) groups excluding carboxylic acids is 1. The van der Waals surface area contributed by atoms with E-state index in [2.05, 4.69) is 10.3 Å². The van der Waals surface area contributed by atoms with Gasteiger partial charge in [-0.25, -0.2) is 4.98 Å². The standard InChI is InChI=1S/C11H18N4O2/c1-7(3-2-4-16)15-11-9(10(13)17)5-8(12)6-14-11/h5-7,16H,2-4,12H2,1H3,(H2,13,17)(H,14,15). The van der Waals surface area contributed by atoms with Gasteiger partial charge in [0.15, 0.2) is 0 Å². The lowest BCUT2D eigenvalue weighted by molar-refractivity contribution is 0.100. The van der Waals surface area contributed by atoms with Crippen molar-refractivity contribution in [2.75, 3.05) is 17.7 Å². The summed E-state index contributed by atoms with van der Waals surface area (Å²) < 4.78 is 0. The minimum absolute atomic E-state index is 0.0939. The van der Waals surface area contributed by atoms with Gasteiger partial charge in [-0.3, -0.25) is 4.79 Å². The van der Waals surface area contributed by atoms with E-state index in [-0.39, 0.29) is 18.2 Å². The summed E-state index contributed by atoms with van der Waals surface area (Å²) in [5.74, 6) is -0.140. The van der Waals surface area contributed by atoms with E-state index >= 15 is 0 Å². The Balaban J connectivity index is 2.79. The maximum atomic E-state index is 11.2. The number of rotatable bonds is 6. The fourth-order valence-electron chi connectivity index (χ4n) is 1.49. The molecule has 0 aliphatic rings. The summed E-state index contributed by atoms with van der Waals surface area (Å²) >= 11 is 0. The summed E-state index contributed by atoms with van der Waals surface area (Å²) in [5.41, 5.74) is 11.5. The Bertz CT molecular complexity index is 395. The highest BCUT2D eigenvalue weighted by Crippen LogP contribution is 2.16. The third-order valence-corrected chi connectivity index (χ3v) is 2.35. The fraction of sp³-hybridized carbons (Fsp3) is 0.455. The highest BCUT2D eigenvalue weighted by Gasteiger charge is 2.12. The lowest BCUT2D eigenvalue weighted by atomic mass is 10.1. The Morgan fingerprint density at radius 2 is 2.35 bits per heavy atom. The van der Waals surface area contributed by atoms with E-state index in [1.54, 1.807) is 0 Å². The molecule has 0 aromatic carbocycles. The number of anilines is 2. The van der Waals surface area contributed by atoms with Crippen LogP contribution in [0.25, 0.3) is 0 Å². The number of nitrogens with one attached hydrogen (secondary N) is 1. The number of aromatic nitrogens is 1. The molecule has 1 atom stereocenters. The van der Waals surface area contributed by atoms with Gasteiger partial charge in [0, 0.05) is 12.6 Å². The summed E-state index contributed by atoms with van der Waals surface area (Å²) in [6.45, 7) is 2.09. The van der Waals surface area contributed by atoms with Crippen LogP contribution >= 0.6 is 0 Å². The Morgan fingerprint density at radius 3 is 2.94 bits per heavy atom. The Labute approximate surface area is 100 Å². The van der Waals surface area contributed by atoms with Crippen LogP contribution in [0.4, 0.5) is 11.5 Å². The van der Waals surface area contributed by atoms with E-state index in [9.17, 15) is 4.79 Å². The molecule has 0 saturated carbocycles. The molecule has 0 aliphatic carbocycles. The second-order valence-electron chi connectivity index (χ2n) is 3.94. The van der Waals surface area contributed by atoms with Gasteiger partial charge in [-0.2, -0.15) is 0 Å². The molecule has 1 aromatic heterocycles. The summed E-state index contributed by atoms with van der Waals surface area (Å²) in [7, 11) is 0. The second kappa shape index (κ2) is 6.05. The Kier molecular flexibility index (Phi) is 4.71. The van der Waals surface area contributed by atoms with E-state index in [1.165, 1.54) is 12.3 Å². The molecule has 6 N–H and O–H groups in total. The molecule has 1 rings (SSSR count). The van der Waals surface area contributed by atoms with E-state index < -0.39 is 5.91 Å². The van der Waals surface area contributed by atoms with Crippen LogP contribution in [-0.4, -0.2) is 28.6 Å². The molecule has 0 radical (unpaired) electrons. The highest BCUT2D eigenvalue weighted by molar-refractivity contribution is 5.98. The van der Waals surface area contributed by atoms with Crippen molar-refractivity contribution in [2.45, 2.75) is 25.8 Å². The molecule has 0 bridgehead atoms. The summed E-state index contributed by atoms with van der Waals surface area (Å²) in [6, 6.07) is 1.59. The van der Waals surface area contributed by atoms with Crippen molar-refractivity contribution < 1.29 is 9.90 Å². The molecule has 1 amide bonds. The molecule has 0 spiro atoms. The van der Waals surface area contributed by atoms with Crippen molar-refractivity contribution in [3.63, 3.8) is 0 Å². The summed E-state index contributed by atoms with van der Waals surface area (Å²) in [6.07, 6.45) is 2.93. The Morgan fingerprint density at radius 1 is 1.65 bits per heavy atom. The number of nitrogens with zero attached hydrogens (tertiary/aromatic N) is 1. The largest absolute Gasteiger partial charge is 0.397 e. The minimum atomic E-state index is -0.568. The smallest absolute Gasteiger partial charge is 0.252 e. The zero-order valence-electron chi connectivity index (χ0n) is 9.81. The van der Waals surface area contributed by atoms with Crippen LogP contribution in [0, 0.1) is 0 Å². The number of aliphatic hydroxyl groups is 1. The number of carbonyl (C=O) groups is 1. The molecule has 1 aromatic rings. The number of nitrogens with two attached hydrogens (primary N) is 2. The van der Waals surface area contributed by atoms with Crippen molar-refractivity contribution in [3.8, 4) is 0 Å². The molecular formula is C11H18N4O2. The Hall–Kier alpha value is -1.82. The molecule has 0 saturated heterocycles. The van der Waals surface area contributed by atoms with Gasteiger partial charge in [0.25, 0.3) is 5.91 Å². The van der Waals surface area contributed by atoms with Crippen molar-refractivity contribution in [2.24, 2.45) is 5.73 Å².